The van der Waals surface area contributed by atoms with E-state index in [9.17, 15) is 4.79 Å². The first-order chi connectivity index (χ1) is 14.1. The Kier molecular flexibility index (Phi) is 5.81. The highest BCUT2D eigenvalue weighted by molar-refractivity contribution is 6.30. The highest BCUT2D eigenvalue weighted by atomic mass is 35.5. The van der Waals surface area contributed by atoms with Gasteiger partial charge >= 0.3 is 6.03 Å². The first-order valence-electron chi connectivity index (χ1n) is 9.92. The molecule has 29 heavy (non-hydrogen) atoms. The number of aromatic nitrogens is 3. The van der Waals surface area contributed by atoms with E-state index < -0.39 is 0 Å². The highest BCUT2D eigenvalue weighted by Gasteiger charge is 2.22. The van der Waals surface area contributed by atoms with Gasteiger partial charge in [-0.2, -0.15) is 0 Å². The Bertz CT molecular complexity index is 999. The van der Waals surface area contributed by atoms with Gasteiger partial charge in [-0.25, -0.2) is 4.79 Å². The van der Waals surface area contributed by atoms with Crippen LogP contribution in [0.1, 0.15) is 36.5 Å². The van der Waals surface area contributed by atoms with Crippen LogP contribution >= 0.6 is 11.6 Å². The average molecular weight is 410 g/mol. The number of halogens is 1. The van der Waals surface area contributed by atoms with Gasteiger partial charge in [0, 0.05) is 29.4 Å². The van der Waals surface area contributed by atoms with Gasteiger partial charge in [-0.15, -0.1) is 10.2 Å². The second-order valence-electron chi connectivity index (χ2n) is 7.36. The summed E-state index contributed by atoms with van der Waals surface area (Å²) in [6, 6.07) is 14.8. The fourth-order valence-corrected chi connectivity index (χ4v) is 3.73. The maximum Gasteiger partial charge on any atom is 0.326 e. The standard InChI is InChI=1S/C22H24ClN5O/c1-16-6-5-7-19(14-16)28(22(29)24-18-11-9-17(23)10-12-18)15-21-26-25-20-8-3-2-4-13-27(20)21/h5-7,9-12,14H,2-4,8,13,15H2,1H3,(H,24,29). The molecule has 3 aromatic rings. The number of urea groups is 1. The Morgan fingerprint density at radius 3 is 2.76 bits per heavy atom. The number of fused-ring (bicyclic) bond motifs is 1. The molecule has 0 spiro atoms. The quantitative estimate of drug-likeness (QED) is 0.643. The number of aryl methyl sites for hydroxylation is 2. The van der Waals surface area contributed by atoms with Crippen molar-refractivity contribution in [2.45, 2.75) is 45.7 Å². The normalized spacial score (nSPS) is 13.4. The molecular formula is C22H24ClN5O. The number of carbonyl (C=O) groups excluding carboxylic acids is 1. The zero-order valence-electron chi connectivity index (χ0n) is 16.4. The molecule has 0 bridgehead atoms. The van der Waals surface area contributed by atoms with Crippen molar-refractivity contribution in [2.75, 3.05) is 10.2 Å². The lowest BCUT2D eigenvalue weighted by atomic mass is 10.2. The van der Waals surface area contributed by atoms with Gasteiger partial charge in [-0.05, 0) is 61.7 Å². The van der Waals surface area contributed by atoms with Crippen molar-refractivity contribution in [2.24, 2.45) is 0 Å². The Balaban J connectivity index is 1.63. The smallest absolute Gasteiger partial charge is 0.313 e. The zero-order chi connectivity index (χ0) is 20.2. The summed E-state index contributed by atoms with van der Waals surface area (Å²) < 4.78 is 2.17. The number of hydrogen-bond acceptors (Lipinski definition) is 3. The zero-order valence-corrected chi connectivity index (χ0v) is 17.2. The van der Waals surface area contributed by atoms with Crippen molar-refractivity contribution in [3.8, 4) is 0 Å². The van der Waals surface area contributed by atoms with Crippen molar-refractivity contribution in [3.05, 3.63) is 70.8 Å². The first-order valence-corrected chi connectivity index (χ1v) is 10.3. The lowest BCUT2D eigenvalue weighted by molar-refractivity contribution is 0.256. The molecule has 2 amide bonds. The second kappa shape index (κ2) is 8.66. The monoisotopic (exact) mass is 409 g/mol. The summed E-state index contributed by atoms with van der Waals surface area (Å²) in [5.41, 5.74) is 2.60. The third-order valence-electron chi connectivity index (χ3n) is 5.14. The molecule has 150 valence electrons. The van der Waals surface area contributed by atoms with Gasteiger partial charge in [0.15, 0.2) is 5.82 Å². The fourth-order valence-electron chi connectivity index (χ4n) is 3.60. The minimum Gasteiger partial charge on any atom is -0.313 e. The topological polar surface area (TPSA) is 63.1 Å². The number of rotatable bonds is 4. The molecule has 7 heteroatoms. The van der Waals surface area contributed by atoms with Crippen LogP contribution < -0.4 is 10.2 Å². The molecule has 1 aromatic heterocycles. The van der Waals surface area contributed by atoms with Gasteiger partial charge in [-0.3, -0.25) is 4.90 Å². The van der Waals surface area contributed by atoms with Crippen LogP contribution in [0.25, 0.3) is 0 Å². The van der Waals surface area contributed by atoms with E-state index in [0.29, 0.717) is 17.3 Å². The van der Waals surface area contributed by atoms with E-state index in [1.54, 1.807) is 29.2 Å². The molecule has 2 aromatic carbocycles. The van der Waals surface area contributed by atoms with E-state index in [0.717, 1.165) is 48.7 Å². The van der Waals surface area contributed by atoms with Crippen molar-refractivity contribution in [1.82, 2.24) is 14.8 Å². The largest absolute Gasteiger partial charge is 0.326 e. The molecule has 0 radical (unpaired) electrons. The van der Waals surface area contributed by atoms with Gasteiger partial charge in [0.05, 0.1) is 6.54 Å². The maximum atomic E-state index is 13.2. The first kappa shape index (κ1) is 19.5. The van der Waals surface area contributed by atoms with Gasteiger partial charge in [-0.1, -0.05) is 30.2 Å². The number of hydrogen-bond donors (Lipinski definition) is 1. The van der Waals surface area contributed by atoms with E-state index in [1.165, 1.54) is 6.42 Å². The van der Waals surface area contributed by atoms with Gasteiger partial charge < -0.3 is 9.88 Å². The summed E-state index contributed by atoms with van der Waals surface area (Å²) in [6.07, 6.45) is 4.38. The van der Waals surface area contributed by atoms with Gasteiger partial charge in [0.25, 0.3) is 0 Å². The van der Waals surface area contributed by atoms with Crippen LogP contribution in [0.4, 0.5) is 16.2 Å². The predicted octanol–water partition coefficient (Wildman–Crippen LogP) is 5.21. The number of nitrogens with zero attached hydrogens (tertiary/aromatic N) is 4. The Morgan fingerprint density at radius 1 is 1.14 bits per heavy atom. The molecule has 4 rings (SSSR count). The van der Waals surface area contributed by atoms with E-state index in [-0.39, 0.29) is 6.03 Å². The van der Waals surface area contributed by atoms with Crippen LogP contribution in [0.3, 0.4) is 0 Å². The van der Waals surface area contributed by atoms with E-state index in [4.69, 9.17) is 11.6 Å². The van der Waals surface area contributed by atoms with E-state index in [1.807, 2.05) is 31.2 Å². The average Bonchev–Trinajstić information content (AvgIpc) is 2.93. The van der Waals surface area contributed by atoms with Crippen LogP contribution in [0.5, 0.6) is 0 Å². The number of carbonyl (C=O) groups is 1. The van der Waals surface area contributed by atoms with E-state index in [2.05, 4.69) is 20.1 Å². The maximum absolute atomic E-state index is 13.2. The molecule has 1 aliphatic rings. The Labute approximate surface area is 175 Å². The lowest BCUT2D eigenvalue weighted by Gasteiger charge is -2.23. The molecular weight excluding hydrogens is 386 g/mol. The summed E-state index contributed by atoms with van der Waals surface area (Å²) in [7, 11) is 0. The molecule has 0 unspecified atom stereocenters. The summed E-state index contributed by atoms with van der Waals surface area (Å²) in [6.45, 7) is 3.27. The number of benzene rings is 2. The number of anilines is 2. The molecule has 0 saturated heterocycles. The van der Waals surface area contributed by atoms with Gasteiger partial charge in [0.2, 0.25) is 0 Å². The molecule has 2 heterocycles. The van der Waals surface area contributed by atoms with Gasteiger partial charge in [0.1, 0.15) is 5.82 Å². The molecule has 0 fully saturated rings. The third-order valence-corrected chi connectivity index (χ3v) is 5.39. The van der Waals surface area contributed by atoms with Crippen molar-refractivity contribution >= 4 is 29.0 Å². The molecule has 0 saturated carbocycles. The van der Waals surface area contributed by atoms with Crippen LogP contribution in [-0.4, -0.2) is 20.8 Å². The minimum atomic E-state index is -0.219. The second-order valence-corrected chi connectivity index (χ2v) is 7.79. The fraction of sp³-hybridized carbons (Fsp3) is 0.318. The molecule has 1 aliphatic heterocycles. The summed E-state index contributed by atoms with van der Waals surface area (Å²) in [5, 5.41) is 12.4. The third kappa shape index (κ3) is 4.59. The van der Waals surface area contributed by atoms with Crippen LogP contribution in [0.2, 0.25) is 5.02 Å². The molecule has 6 nitrogen and oxygen atoms in total. The van der Waals surface area contributed by atoms with Crippen molar-refractivity contribution < 1.29 is 4.79 Å². The minimum absolute atomic E-state index is 0.219. The Hall–Kier alpha value is -2.86. The van der Waals surface area contributed by atoms with Crippen molar-refractivity contribution in [1.29, 1.82) is 0 Å². The SMILES string of the molecule is Cc1cccc(N(Cc2nnc3n2CCCCC3)C(=O)Nc2ccc(Cl)cc2)c1. The predicted molar refractivity (Wildman–Crippen MR) is 115 cm³/mol. The highest BCUT2D eigenvalue weighted by Crippen LogP contribution is 2.22. The summed E-state index contributed by atoms with van der Waals surface area (Å²) >= 11 is 5.96. The van der Waals surface area contributed by atoms with Crippen molar-refractivity contribution in [3.63, 3.8) is 0 Å². The summed E-state index contributed by atoms with van der Waals surface area (Å²) in [4.78, 5) is 14.9. The summed E-state index contributed by atoms with van der Waals surface area (Å²) in [5.74, 6) is 1.83. The molecule has 0 aliphatic carbocycles. The molecule has 1 N–H and O–H groups in total. The number of amides is 2. The van der Waals surface area contributed by atoms with Crippen LogP contribution in [0.15, 0.2) is 48.5 Å². The van der Waals surface area contributed by atoms with E-state index >= 15 is 0 Å². The number of nitrogens with one attached hydrogen (secondary N) is 1. The van der Waals surface area contributed by atoms with Crippen LogP contribution in [0, 0.1) is 6.92 Å². The van der Waals surface area contributed by atoms with Crippen LogP contribution in [-0.2, 0) is 19.5 Å². The molecule has 0 atom stereocenters. The lowest BCUT2D eigenvalue weighted by Crippen LogP contribution is -2.35. The Morgan fingerprint density at radius 2 is 1.97 bits per heavy atom.